The maximum atomic E-state index is 5.92. The van der Waals surface area contributed by atoms with Crippen molar-refractivity contribution < 1.29 is 0 Å². The van der Waals surface area contributed by atoms with Gasteiger partial charge < -0.3 is 0 Å². The van der Waals surface area contributed by atoms with Crippen LogP contribution in [0.3, 0.4) is 0 Å². The number of hydrogen-bond acceptors (Lipinski definition) is 1. The zero-order valence-electron chi connectivity index (χ0n) is 10.6. The summed E-state index contributed by atoms with van der Waals surface area (Å²) in [5.74, 6) is 0. The normalized spacial score (nSPS) is 11.3. The lowest BCUT2D eigenvalue weighted by molar-refractivity contribution is 0.841. The first-order valence-corrected chi connectivity index (χ1v) is 6.43. The first-order valence-electron chi connectivity index (χ1n) is 6.05. The van der Waals surface area contributed by atoms with Gasteiger partial charge >= 0.3 is 0 Å². The molecule has 0 fully saturated rings. The minimum atomic E-state index is 0.309. The lowest BCUT2D eigenvalue weighted by Crippen LogP contribution is -1.92. The fourth-order valence-electron chi connectivity index (χ4n) is 1.73. The van der Waals surface area contributed by atoms with Gasteiger partial charge in [-0.2, -0.15) is 0 Å². The van der Waals surface area contributed by atoms with E-state index in [2.05, 4.69) is 31.0 Å². The van der Waals surface area contributed by atoms with E-state index in [-0.39, 0.29) is 0 Å². The molecule has 2 aromatic carbocycles. The van der Waals surface area contributed by atoms with E-state index in [1.807, 2.05) is 42.6 Å². The summed E-state index contributed by atoms with van der Waals surface area (Å²) in [6.07, 6.45) is 1.94. The molecule has 2 rings (SSSR count). The average molecular weight is 258 g/mol. The van der Waals surface area contributed by atoms with Crippen LogP contribution in [-0.2, 0) is 0 Å². The number of hydrogen-bond donors (Lipinski definition) is 0. The molecule has 2 aromatic rings. The van der Waals surface area contributed by atoms with Crippen LogP contribution in [0.1, 0.15) is 19.4 Å². The molecule has 1 nitrogen and oxygen atoms in total. The van der Waals surface area contributed by atoms with Gasteiger partial charge in [0.1, 0.15) is 0 Å². The van der Waals surface area contributed by atoms with Crippen LogP contribution >= 0.6 is 11.6 Å². The van der Waals surface area contributed by atoms with Crippen molar-refractivity contribution in [3.8, 4) is 11.1 Å². The Hall–Kier alpha value is -1.60. The molecule has 0 radical (unpaired) electrons. The molecule has 0 atom stereocenters. The van der Waals surface area contributed by atoms with Crippen molar-refractivity contribution in [1.29, 1.82) is 0 Å². The summed E-state index contributed by atoms with van der Waals surface area (Å²) < 4.78 is 0. The van der Waals surface area contributed by atoms with E-state index in [1.165, 1.54) is 5.56 Å². The van der Waals surface area contributed by atoms with Crippen LogP contribution in [0.15, 0.2) is 53.5 Å². The van der Waals surface area contributed by atoms with Gasteiger partial charge in [-0.15, -0.1) is 0 Å². The van der Waals surface area contributed by atoms with Gasteiger partial charge in [0.15, 0.2) is 0 Å². The minimum absolute atomic E-state index is 0.309. The van der Waals surface area contributed by atoms with Crippen molar-refractivity contribution in [2.45, 2.75) is 19.9 Å². The third-order valence-electron chi connectivity index (χ3n) is 2.63. The van der Waals surface area contributed by atoms with E-state index < -0.39 is 0 Å². The molecular weight excluding hydrogens is 242 g/mol. The molecule has 0 aliphatic carbocycles. The second-order valence-electron chi connectivity index (χ2n) is 4.47. The number of rotatable bonds is 3. The zero-order valence-corrected chi connectivity index (χ0v) is 11.4. The molecule has 0 aliphatic heterocycles. The summed E-state index contributed by atoms with van der Waals surface area (Å²) in [6, 6.07) is 16.4. The van der Waals surface area contributed by atoms with Crippen molar-refractivity contribution in [2.75, 3.05) is 0 Å². The Morgan fingerprint density at radius 2 is 1.67 bits per heavy atom. The van der Waals surface area contributed by atoms with Gasteiger partial charge in [0.05, 0.1) is 0 Å². The van der Waals surface area contributed by atoms with Crippen molar-refractivity contribution in [3.63, 3.8) is 0 Å². The molecule has 0 heterocycles. The number of benzene rings is 2. The van der Waals surface area contributed by atoms with Crippen LogP contribution in [-0.4, -0.2) is 12.3 Å². The topological polar surface area (TPSA) is 12.4 Å². The maximum Gasteiger partial charge on any atom is 0.0443 e. The van der Waals surface area contributed by atoms with Crippen molar-refractivity contribution in [1.82, 2.24) is 0 Å². The Bertz CT molecular complexity index is 541. The fourth-order valence-corrected chi connectivity index (χ4v) is 1.86. The highest BCUT2D eigenvalue weighted by molar-refractivity contribution is 6.30. The second kappa shape index (κ2) is 5.83. The summed E-state index contributed by atoms with van der Waals surface area (Å²) in [5, 5.41) is 0.757. The van der Waals surface area contributed by atoms with Gasteiger partial charge in [-0.25, -0.2) is 0 Å². The SMILES string of the molecule is CC(C)N=Cc1ccccc1-c1ccc(Cl)cc1. The minimum Gasteiger partial charge on any atom is -0.290 e. The number of nitrogens with zero attached hydrogens (tertiary/aromatic N) is 1. The molecule has 0 amide bonds. The smallest absolute Gasteiger partial charge is 0.0443 e. The molecular formula is C16H16ClN. The van der Waals surface area contributed by atoms with Gasteiger partial charge in [0, 0.05) is 22.8 Å². The fraction of sp³-hybridized carbons (Fsp3) is 0.188. The van der Waals surface area contributed by atoms with Crippen molar-refractivity contribution in [2.24, 2.45) is 4.99 Å². The highest BCUT2D eigenvalue weighted by Crippen LogP contribution is 2.24. The summed E-state index contributed by atoms with van der Waals surface area (Å²) >= 11 is 5.92. The lowest BCUT2D eigenvalue weighted by Gasteiger charge is -2.06. The van der Waals surface area contributed by atoms with Crippen molar-refractivity contribution >= 4 is 17.8 Å². The number of halogens is 1. The zero-order chi connectivity index (χ0) is 13.0. The molecule has 0 saturated heterocycles. The van der Waals surface area contributed by atoms with E-state index in [1.54, 1.807) is 0 Å². The lowest BCUT2D eigenvalue weighted by atomic mass is 10.0. The monoisotopic (exact) mass is 257 g/mol. The van der Waals surface area contributed by atoms with Gasteiger partial charge in [-0.3, -0.25) is 4.99 Å². The van der Waals surface area contributed by atoms with Crippen molar-refractivity contribution in [3.05, 3.63) is 59.1 Å². The van der Waals surface area contributed by atoms with Crippen LogP contribution in [0.25, 0.3) is 11.1 Å². The van der Waals surface area contributed by atoms with Gasteiger partial charge in [0.25, 0.3) is 0 Å². The van der Waals surface area contributed by atoms with Crippen LogP contribution in [0.4, 0.5) is 0 Å². The summed E-state index contributed by atoms with van der Waals surface area (Å²) in [5.41, 5.74) is 3.47. The Balaban J connectivity index is 2.41. The quantitative estimate of drug-likeness (QED) is 0.698. The highest BCUT2D eigenvalue weighted by Gasteiger charge is 2.02. The Morgan fingerprint density at radius 1 is 1.00 bits per heavy atom. The Kier molecular flexibility index (Phi) is 4.16. The summed E-state index contributed by atoms with van der Waals surface area (Å²) in [6.45, 7) is 4.14. The molecule has 0 spiro atoms. The second-order valence-corrected chi connectivity index (χ2v) is 4.90. The molecule has 2 heteroatoms. The van der Waals surface area contributed by atoms with E-state index in [0.29, 0.717) is 6.04 Å². The number of aliphatic imine (C=N–C) groups is 1. The molecule has 0 unspecified atom stereocenters. The average Bonchev–Trinajstić information content (AvgIpc) is 2.38. The van der Waals surface area contributed by atoms with Crippen LogP contribution in [0, 0.1) is 0 Å². The van der Waals surface area contributed by atoms with Gasteiger partial charge in [-0.1, -0.05) is 48.0 Å². The first-order chi connectivity index (χ1) is 8.66. The molecule has 0 aromatic heterocycles. The third-order valence-corrected chi connectivity index (χ3v) is 2.88. The molecule has 0 bridgehead atoms. The van der Waals surface area contributed by atoms with E-state index >= 15 is 0 Å². The molecule has 18 heavy (non-hydrogen) atoms. The van der Waals surface area contributed by atoms with E-state index in [9.17, 15) is 0 Å². The van der Waals surface area contributed by atoms with Gasteiger partial charge in [-0.05, 0) is 37.1 Å². The highest BCUT2D eigenvalue weighted by atomic mass is 35.5. The Labute approximate surface area is 113 Å². The third kappa shape index (κ3) is 3.21. The Morgan fingerprint density at radius 3 is 2.33 bits per heavy atom. The molecule has 92 valence electrons. The molecule has 0 saturated carbocycles. The summed E-state index contributed by atoms with van der Waals surface area (Å²) in [4.78, 5) is 4.45. The first kappa shape index (κ1) is 12.8. The van der Waals surface area contributed by atoms with E-state index in [0.717, 1.165) is 16.1 Å². The van der Waals surface area contributed by atoms with Crippen LogP contribution < -0.4 is 0 Å². The van der Waals surface area contributed by atoms with Gasteiger partial charge in [0.2, 0.25) is 0 Å². The molecule has 0 N–H and O–H groups in total. The van der Waals surface area contributed by atoms with E-state index in [4.69, 9.17) is 11.6 Å². The standard InChI is InChI=1S/C16H16ClN/c1-12(2)18-11-14-5-3-4-6-16(14)13-7-9-15(17)10-8-13/h3-12H,1-2H3. The predicted octanol–water partition coefficient (Wildman–Crippen LogP) is 4.83. The van der Waals surface area contributed by atoms with Crippen LogP contribution in [0.5, 0.6) is 0 Å². The van der Waals surface area contributed by atoms with Crippen LogP contribution in [0.2, 0.25) is 5.02 Å². The maximum absolute atomic E-state index is 5.92. The predicted molar refractivity (Wildman–Crippen MR) is 79.6 cm³/mol. The largest absolute Gasteiger partial charge is 0.290 e. The summed E-state index contributed by atoms with van der Waals surface area (Å²) in [7, 11) is 0. The molecule has 0 aliphatic rings.